The fourth-order valence-electron chi connectivity index (χ4n) is 1.47. The first kappa shape index (κ1) is 15.2. The molecule has 0 aliphatic carbocycles. The highest BCUT2D eigenvalue weighted by atomic mass is 28.4. The van der Waals surface area contributed by atoms with Crippen molar-refractivity contribution in [2.24, 2.45) is 0 Å². The number of hydrogen-bond donors (Lipinski definition) is 0. The van der Waals surface area contributed by atoms with Gasteiger partial charge in [-0.05, 0) is 39.8 Å². The number of hydrogen-bond acceptors (Lipinski definition) is 4. The first-order valence-corrected chi connectivity index (χ1v) is 7.95. The van der Waals surface area contributed by atoms with Gasteiger partial charge in [0.15, 0.2) is 0 Å². The van der Waals surface area contributed by atoms with Crippen LogP contribution in [-0.2, 0) is 13.3 Å². The standard InChI is InChI=1S/C13H22O4Si/c1-5-14-18(15-6-2,16-12(3)4)17-13-10-8-7-9-11-13/h7-12H,5-6H2,1-4H3. The molecule has 0 amide bonds. The molecule has 0 aromatic heterocycles. The number of benzene rings is 1. The lowest BCUT2D eigenvalue weighted by molar-refractivity contribution is -0.0117. The first-order valence-electron chi connectivity index (χ1n) is 6.31. The van der Waals surface area contributed by atoms with Crippen molar-refractivity contribution in [2.75, 3.05) is 13.2 Å². The second kappa shape index (κ2) is 7.53. The van der Waals surface area contributed by atoms with Gasteiger partial charge in [-0.1, -0.05) is 18.2 Å². The molecule has 0 fully saturated rings. The normalized spacial score (nSPS) is 11.8. The molecule has 0 atom stereocenters. The van der Waals surface area contributed by atoms with Crippen LogP contribution in [0, 0.1) is 0 Å². The van der Waals surface area contributed by atoms with Gasteiger partial charge in [0.25, 0.3) is 0 Å². The third-order valence-electron chi connectivity index (χ3n) is 2.01. The zero-order valence-electron chi connectivity index (χ0n) is 11.5. The van der Waals surface area contributed by atoms with Crippen molar-refractivity contribution in [3.05, 3.63) is 30.3 Å². The Morgan fingerprint density at radius 1 is 1.00 bits per heavy atom. The van der Waals surface area contributed by atoms with Crippen molar-refractivity contribution in [3.8, 4) is 5.75 Å². The van der Waals surface area contributed by atoms with Crippen LogP contribution < -0.4 is 4.43 Å². The second-order valence-electron chi connectivity index (χ2n) is 3.95. The summed E-state index contributed by atoms with van der Waals surface area (Å²) in [5.41, 5.74) is 0. The van der Waals surface area contributed by atoms with Gasteiger partial charge in [0.1, 0.15) is 5.75 Å². The van der Waals surface area contributed by atoms with Gasteiger partial charge in [0, 0.05) is 19.3 Å². The van der Waals surface area contributed by atoms with Crippen LogP contribution in [0.5, 0.6) is 5.75 Å². The molecule has 18 heavy (non-hydrogen) atoms. The maximum Gasteiger partial charge on any atom is 0.749 e. The third-order valence-corrected chi connectivity index (χ3v) is 4.54. The van der Waals surface area contributed by atoms with E-state index in [1.54, 1.807) is 0 Å². The van der Waals surface area contributed by atoms with Crippen LogP contribution in [0.25, 0.3) is 0 Å². The van der Waals surface area contributed by atoms with E-state index in [0.717, 1.165) is 0 Å². The molecule has 0 unspecified atom stereocenters. The van der Waals surface area contributed by atoms with E-state index >= 15 is 0 Å². The lowest BCUT2D eigenvalue weighted by atomic mass is 10.3. The SMILES string of the molecule is CCO[Si](OCC)(Oc1ccccc1)OC(C)C. The van der Waals surface area contributed by atoms with Crippen LogP contribution in [0.2, 0.25) is 0 Å². The molecule has 1 aromatic rings. The predicted octanol–water partition coefficient (Wildman–Crippen LogP) is 3.00. The van der Waals surface area contributed by atoms with Gasteiger partial charge in [-0.25, -0.2) is 0 Å². The zero-order valence-corrected chi connectivity index (χ0v) is 12.5. The van der Waals surface area contributed by atoms with E-state index in [1.807, 2.05) is 58.0 Å². The molecule has 4 nitrogen and oxygen atoms in total. The average molecular weight is 270 g/mol. The summed E-state index contributed by atoms with van der Waals surface area (Å²) in [6.07, 6.45) is -0.0153. The minimum absolute atomic E-state index is 0.0153. The molecule has 0 heterocycles. The minimum Gasteiger partial charge on any atom is -0.480 e. The Kier molecular flexibility index (Phi) is 6.35. The van der Waals surface area contributed by atoms with E-state index in [4.69, 9.17) is 17.7 Å². The van der Waals surface area contributed by atoms with Crippen LogP contribution in [-0.4, -0.2) is 28.4 Å². The number of para-hydroxylation sites is 1. The summed E-state index contributed by atoms with van der Waals surface area (Å²) in [6, 6.07) is 9.47. The van der Waals surface area contributed by atoms with E-state index in [0.29, 0.717) is 19.0 Å². The van der Waals surface area contributed by atoms with Crippen molar-refractivity contribution in [3.63, 3.8) is 0 Å². The molecule has 0 aliphatic heterocycles. The van der Waals surface area contributed by atoms with Crippen LogP contribution in [0.3, 0.4) is 0 Å². The summed E-state index contributed by atoms with van der Waals surface area (Å²) in [5.74, 6) is 0.701. The van der Waals surface area contributed by atoms with Crippen LogP contribution in [0.1, 0.15) is 27.7 Å². The van der Waals surface area contributed by atoms with Gasteiger partial charge in [-0.15, -0.1) is 0 Å². The molecule has 1 rings (SSSR count). The molecule has 0 saturated heterocycles. The minimum atomic E-state index is -3.10. The highest BCUT2D eigenvalue weighted by Crippen LogP contribution is 2.20. The maximum absolute atomic E-state index is 5.87. The molecule has 102 valence electrons. The molecule has 1 aromatic carbocycles. The maximum atomic E-state index is 5.87. The fourth-order valence-corrected chi connectivity index (χ4v) is 3.56. The topological polar surface area (TPSA) is 36.9 Å². The Bertz CT molecular complexity index is 323. The predicted molar refractivity (Wildman–Crippen MR) is 72.3 cm³/mol. The summed E-state index contributed by atoms with van der Waals surface area (Å²) in [7, 11) is -3.10. The first-order chi connectivity index (χ1) is 8.62. The molecule has 5 heteroatoms. The van der Waals surface area contributed by atoms with Gasteiger partial charge in [0.2, 0.25) is 0 Å². The van der Waals surface area contributed by atoms with Crippen molar-refractivity contribution >= 4 is 9.05 Å². The monoisotopic (exact) mass is 270 g/mol. The zero-order chi connectivity index (χ0) is 13.4. The highest BCUT2D eigenvalue weighted by molar-refractivity contribution is 6.54. The van der Waals surface area contributed by atoms with Crippen molar-refractivity contribution in [1.82, 2.24) is 0 Å². The largest absolute Gasteiger partial charge is 0.749 e. The lowest BCUT2D eigenvalue weighted by Crippen LogP contribution is -2.53. The molecule has 0 N–H and O–H groups in total. The van der Waals surface area contributed by atoms with Crippen molar-refractivity contribution in [1.29, 1.82) is 0 Å². The summed E-state index contributed by atoms with van der Waals surface area (Å²) < 4.78 is 23.0. The molecule has 0 saturated carbocycles. The van der Waals surface area contributed by atoms with E-state index in [9.17, 15) is 0 Å². The Morgan fingerprint density at radius 2 is 1.56 bits per heavy atom. The van der Waals surface area contributed by atoms with Gasteiger partial charge < -0.3 is 17.7 Å². The fraction of sp³-hybridized carbons (Fsp3) is 0.538. The second-order valence-corrected chi connectivity index (χ2v) is 5.96. The summed E-state index contributed by atoms with van der Waals surface area (Å²) in [5, 5.41) is 0. The molecule has 0 spiro atoms. The summed E-state index contributed by atoms with van der Waals surface area (Å²) in [6.45, 7) is 8.66. The Morgan fingerprint density at radius 3 is 2.00 bits per heavy atom. The van der Waals surface area contributed by atoms with Gasteiger partial charge in [-0.3, -0.25) is 0 Å². The Hall–Kier alpha value is -0.883. The Balaban J connectivity index is 2.86. The van der Waals surface area contributed by atoms with Crippen LogP contribution in [0.15, 0.2) is 30.3 Å². The quantitative estimate of drug-likeness (QED) is 0.680. The Labute approximate surface area is 110 Å². The van der Waals surface area contributed by atoms with Gasteiger partial charge in [0.05, 0.1) is 0 Å². The van der Waals surface area contributed by atoms with E-state index in [1.165, 1.54) is 0 Å². The average Bonchev–Trinajstić information content (AvgIpc) is 2.29. The van der Waals surface area contributed by atoms with E-state index < -0.39 is 9.05 Å². The molecular formula is C13H22O4Si. The smallest absolute Gasteiger partial charge is 0.480 e. The van der Waals surface area contributed by atoms with Crippen molar-refractivity contribution < 1.29 is 17.7 Å². The van der Waals surface area contributed by atoms with E-state index in [-0.39, 0.29) is 6.10 Å². The van der Waals surface area contributed by atoms with Gasteiger partial charge >= 0.3 is 9.05 Å². The number of rotatable bonds is 8. The van der Waals surface area contributed by atoms with Crippen LogP contribution >= 0.6 is 0 Å². The van der Waals surface area contributed by atoms with Crippen molar-refractivity contribution in [2.45, 2.75) is 33.8 Å². The highest BCUT2D eigenvalue weighted by Gasteiger charge is 2.49. The molecule has 0 radical (unpaired) electrons. The third kappa shape index (κ3) is 4.78. The van der Waals surface area contributed by atoms with Crippen LogP contribution in [0.4, 0.5) is 0 Å². The van der Waals surface area contributed by atoms with E-state index in [2.05, 4.69) is 0 Å². The summed E-state index contributed by atoms with van der Waals surface area (Å²) >= 11 is 0. The molecule has 0 aliphatic rings. The van der Waals surface area contributed by atoms with Gasteiger partial charge in [-0.2, -0.15) is 0 Å². The molecule has 0 bridgehead atoms. The summed E-state index contributed by atoms with van der Waals surface area (Å²) in [4.78, 5) is 0. The molecular weight excluding hydrogens is 248 g/mol. The lowest BCUT2D eigenvalue weighted by Gasteiger charge is -2.29.